The van der Waals surface area contributed by atoms with Crippen LogP contribution < -0.4 is 10.9 Å². The summed E-state index contributed by atoms with van der Waals surface area (Å²) in [6.07, 6.45) is 5.96. The van der Waals surface area contributed by atoms with Gasteiger partial charge >= 0.3 is 0 Å². The molecule has 1 heterocycles. The van der Waals surface area contributed by atoms with E-state index < -0.39 is 0 Å². The minimum Gasteiger partial charge on any atom is -0.358 e. The zero-order valence-corrected chi connectivity index (χ0v) is 19.2. The summed E-state index contributed by atoms with van der Waals surface area (Å²) in [6.45, 7) is 5.40. The van der Waals surface area contributed by atoms with Crippen molar-refractivity contribution >= 4 is 28.2 Å². The van der Waals surface area contributed by atoms with Crippen LogP contribution in [0.2, 0.25) is 0 Å². The van der Waals surface area contributed by atoms with E-state index in [-0.39, 0.29) is 5.56 Å². The minimum absolute atomic E-state index is 0.0255. The second-order valence-electron chi connectivity index (χ2n) is 8.71. The summed E-state index contributed by atoms with van der Waals surface area (Å²) in [5.74, 6) is 0. The number of rotatable bonds is 5. The lowest BCUT2D eigenvalue weighted by Crippen LogP contribution is -2.46. The van der Waals surface area contributed by atoms with Gasteiger partial charge in [0.05, 0.1) is 6.54 Å². The Morgan fingerprint density at radius 1 is 1.06 bits per heavy atom. The van der Waals surface area contributed by atoms with Crippen molar-refractivity contribution in [3.63, 3.8) is 0 Å². The first kappa shape index (κ1) is 21.6. The zero-order valence-electron chi connectivity index (χ0n) is 18.4. The molecule has 162 valence electrons. The Kier molecular flexibility index (Phi) is 6.71. The van der Waals surface area contributed by atoms with E-state index in [4.69, 9.17) is 12.2 Å². The molecule has 4 rings (SSSR count). The van der Waals surface area contributed by atoms with Gasteiger partial charge in [-0.25, -0.2) is 0 Å². The molecule has 1 aromatic heterocycles. The number of aromatic amines is 1. The summed E-state index contributed by atoms with van der Waals surface area (Å²) in [5.41, 5.74) is 5.25. The Morgan fingerprint density at radius 3 is 2.52 bits per heavy atom. The fourth-order valence-electron chi connectivity index (χ4n) is 4.46. The standard InChI is InChI=1S/C26H31N3OS/c1-18-13-21-15-22(25(30)28-24(21)14-19(18)2)17-29(23-11-7-4-8-12-23)26(31)27-16-20-9-5-3-6-10-20/h3,5-6,9-10,13-15,23H,4,7-8,11-12,16-17H2,1-2H3,(H,27,31)(H,28,30). The van der Waals surface area contributed by atoms with E-state index in [1.807, 2.05) is 24.3 Å². The first-order valence-electron chi connectivity index (χ1n) is 11.2. The van der Waals surface area contributed by atoms with Gasteiger partial charge in [0.1, 0.15) is 0 Å². The van der Waals surface area contributed by atoms with Crippen LogP contribution in [0.25, 0.3) is 10.9 Å². The fraction of sp³-hybridized carbons (Fsp3) is 0.385. The van der Waals surface area contributed by atoms with Crippen LogP contribution in [0.4, 0.5) is 0 Å². The summed E-state index contributed by atoms with van der Waals surface area (Å²) in [5, 5.41) is 5.24. The molecule has 4 nitrogen and oxygen atoms in total. The number of benzene rings is 2. The number of hydrogen-bond acceptors (Lipinski definition) is 2. The van der Waals surface area contributed by atoms with Crippen LogP contribution in [0, 0.1) is 13.8 Å². The zero-order chi connectivity index (χ0) is 21.8. The predicted octanol–water partition coefficient (Wildman–Crippen LogP) is 5.35. The van der Waals surface area contributed by atoms with Crippen molar-refractivity contribution in [3.8, 4) is 0 Å². The number of H-pyrrole nitrogens is 1. The van der Waals surface area contributed by atoms with Crippen molar-refractivity contribution in [2.75, 3.05) is 0 Å². The van der Waals surface area contributed by atoms with E-state index in [0.717, 1.165) is 34.4 Å². The van der Waals surface area contributed by atoms with Crippen molar-refractivity contribution in [2.24, 2.45) is 0 Å². The van der Waals surface area contributed by atoms with Crippen LogP contribution in [-0.4, -0.2) is 21.0 Å². The molecule has 0 unspecified atom stereocenters. The Labute approximate surface area is 189 Å². The highest BCUT2D eigenvalue weighted by atomic mass is 32.1. The third-order valence-corrected chi connectivity index (χ3v) is 6.82. The van der Waals surface area contributed by atoms with Gasteiger partial charge < -0.3 is 15.2 Å². The van der Waals surface area contributed by atoms with Crippen molar-refractivity contribution in [3.05, 3.63) is 81.1 Å². The van der Waals surface area contributed by atoms with Gasteiger partial charge in [0, 0.05) is 23.7 Å². The highest BCUT2D eigenvalue weighted by Gasteiger charge is 2.24. The average molecular weight is 434 g/mol. The third-order valence-electron chi connectivity index (χ3n) is 6.44. The molecule has 0 spiro atoms. The monoisotopic (exact) mass is 433 g/mol. The Balaban J connectivity index is 1.59. The topological polar surface area (TPSA) is 48.1 Å². The first-order chi connectivity index (χ1) is 15.0. The molecule has 0 aliphatic heterocycles. The van der Waals surface area contributed by atoms with Gasteiger partial charge in [-0.2, -0.15) is 0 Å². The van der Waals surface area contributed by atoms with Crippen molar-refractivity contribution < 1.29 is 0 Å². The molecule has 1 saturated carbocycles. The molecule has 0 saturated heterocycles. The lowest BCUT2D eigenvalue weighted by atomic mass is 9.94. The normalized spacial score (nSPS) is 14.5. The van der Waals surface area contributed by atoms with E-state index >= 15 is 0 Å². The number of hydrogen-bond donors (Lipinski definition) is 2. The molecule has 1 aliphatic carbocycles. The molecular weight excluding hydrogens is 402 g/mol. The average Bonchev–Trinajstić information content (AvgIpc) is 2.78. The highest BCUT2D eigenvalue weighted by molar-refractivity contribution is 7.80. The van der Waals surface area contributed by atoms with Crippen molar-refractivity contribution in [2.45, 2.75) is 65.1 Å². The molecule has 0 atom stereocenters. The number of pyridine rings is 1. The number of fused-ring (bicyclic) bond motifs is 1. The number of nitrogens with zero attached hydrogens (tertiary/aromatic N) is 1. The van der Waals surface area contributed by atoms with E-state index in [1.54, 1.807) is 0 Å². The molecule has 2 N–H and O–H groups in total. The molecular formula is C26H31N3OS. The van der Waals surface area contributed by atoms with E-state index in [2.05, 4.69) is 53.3 Å². The number of thiocarbonyl (C=S) groups is 1. The molecule has 5 heteroatoms. The van der Waals surface area contributed by atoms with Crippen LogP contribution in [0.1, 0.15) is 54.4 Å². The maximum atomic E-state index is 12.9. The van der Waals surface area contributed by atoms with Crippen LogP contribution in [-0.2, 0) is 13.1 Å². The maximum Gasteiger partial charge on any atom is 0.253 e. The van der Waals surface area contributed by atoms with Gasteiger partial charge in [-0.3, -0.25) is 4.79 Å². The van der Waals surface area contributed by atoms with E-state index in [1.165, 1.54) is 36.0 Å². The van der Waals surface area contributed by atoms with Gasteiger partial charge in [0.25, 0.3) is 5.56 Å². The lowest BCUT2D eigenvalue weighted by Gasteiger charge is -2.36. The molecule has 3 aromatic rings. The molecule has 1 aliphatic rings. The number of nitrogens with one attached hydrogen (secondary N) is 2. The summed E-state index contributed by atoms with van der Waals surface area (Å²) in [4.78, 5) is 18.2. The van der Waals surface area contributed by atoms with E-state index in [0.29, 0.717) is 19.1 Å². The van der Waals surface area contributed by atoms with Crippen molar-refractivity contribution in [1.29, 1.82) is 0 Å². The Morgan fingerprint density at radius 2 is 1.77 bits per heavy atom. The van der Waals surface area contributed by atoms with Crippen LogP contribution >= 0.6 is 12.2 Å². The highest BCUT2D eigenvalue weighted by Crippen LogP contribution is 2.25. The van der Waals surface area contributed by atoms with Crippen LogP contribution in [0.5, 0.6) is 0 Å². The largest absolute Gasteiger partial charge is 0.358 e. The van der Waals surface area contributed by atoms with Gasteiger partial charge in [0.15, 0.2) is 5.11 Å². The molecule has 0 bridgehead atoms. The van der Waals surface area contributed by atoms with Crippen LogP contribution in [0.3, 0.4) is 0 Å². The lowest BCUT2D eigenvalue weighted by molar-refractivity contribution is 0.234. The molecule has 0 radical (unpaired) electrons. The summed E-state index contributed by atoms with van der Waals surface area (Å²) in [7, 11) is 0. The van der Waals surface area contributed by atoms with E-state index in [9.17, 15) is 4.79 Å². The SMILES string of the molecule is Cc1cc2cc(CN(C(=S)NCc3ccccc3)C3CCCCC3)c(=O)[nH]c2cc1C. The summed E-state index contributed by atoms with van der Waals surface area (Å²) < 4.78 is 0. The summed E-state index contributed by atoms with van der Waals surface area (Å²) in [6, 6.07) is 16.9. The fourth-order valence-corrected chi connectivity index (χ4v) is 4.74. The van der Waals surface area contributed by atoms with Gasteiger partial charge in [-0.1, -0.05) is 49.6 Å². The Hall–Kier alpha value is -2.66. The molecule has 0 amide bonds. The third kappa shape index (κ3) is 5.16. The Bertz CT molecular complexity index is 1120. The number of aryl methyl sites for hydroxylation is 2. The number of aromatic nitrogens is 1. The predicted molar refractivity (Wildman–Crippen MR) is 132 cm³/mol. The quantitative estimate of drug-likeness (QED) is 0.532. The molecule has 2 aromatic carbocycles. The summed E-state index contributed by atoms with van der Waals surface area (Å²) >= 11 is 5.83. The van der Waals surface area contributed by atoms with Crippen molar-refractivity contribution in [1.82, 2.24) is 15.2 Å². The van der Waals surface area contributed by atoms with Crippen LogP contribution in [0.15, 0.2) is 53.3 Å². The van der Waals surface area contributed by atoms with Gasteiger partial charge in [-0.05, 0) is 79.2 Å². The first-order valence-corrected chi connectivity index (χ1v) is 11.6. The van der Waals surface area contributed by atoms with Gasteiger partial charge in [0.2, 0.25) is 0 Å². The second-order valence-corrected chi connectivity index (χ2v) is 9.10. The smallest absolute Gasteiger partial charge is 0.253 e. The van der Waals surface area contributed by atoms with Gasteiger partial charge in [-0.15, -0.1) is 0 Å². The molecule has 1 fully saturated rings. The maximum absolute atomic E-state index is 12.9. The molecule has 31 heavy (non-hydrogen) atoms. The minimum atomic E-state index is -0.0255. The second kappa shape index (κ2) is 9.65.